The molecular formula is C13H22O. The number of carbonyl (C=O) groups is 1. The fourth-order valence-electron chi connectivity index (χ4n) is 1.13. The van der Waals surface area contributed by atoms with Crippen LogP contribution in [0.15, 0.2) is 23.3 Å². The predicted octanol–water partition coefficient (Wildman–Crippen LogP) is 3.90. The number of hydrogen-bond donors (Lipinski definition) is 0. The molecule has 14 heavy (non-hydrogen) atoms. The van der Waals surface area contributed by atoms with Gasteiger partial charge in [0.2, 0.25) is 0 Å². The first-order valence-electron chi connectivity index (χ1n) is 5.30. The van der Waals surface area contributed by atoms with Crippen LogP contribution in [-0.2, 0) is 4.79 Å². The van der Waals surface area contributed by atoms with Crippen LogP contribution in [0.5, 0.6) is 0 Å². The van der Waals surface area contributed by atoms with E-state index in [1.807, 2.05) is 6.92 Å². The van der Waals surface area contributed by atoms with Gasteiger partial charge in [-0.05, 0) is 40.0 Å². The fourth-order valence-corrected chi connectivity index (χ4v) is 1.13. The van der Waals surface area contributed by atoms with E-state index in [-0.39, 0.29) is 5.92 Å². The van der Waals surface area contributed by atoms with Crippen molar-refractivity contribution in [2.45, 2.75) is 47.0 Å². The Morgan fingerprint density at radius 2 is 1.86 bits per heavy atom. The van der Waals surface area contributed by atoms with E-state index in [2.05, 4.69) is 32.9 Å². The molecule has 0 aromatic rings. The van der Waals surface area contributed by atoms with E-state index in [1.54, 1.807) is 0 Å². The van der Waals surface area contributed by atoms with Gasteiger partial charge in [0, 0.05) is 5.92 Å². The Hall–Kier alpha value is -0.850. The molecule has 0 radical (unpaired) electrons. The molecule has 1 nitrogen and oxygen atoms in total. The first kappa shape index (κ1) is 13.2. The molecule has 0 bridgehead atoms. The lowest BCUT2D eigenvalue weighted by Gasteiger charge is -2.01. The molecule has 1 heteroatoms. The molecule has 0 aliphatic rings. The van der Waals surface area contributed by atoms with E-state index in [0.717, 1.165) is 25.5 Å². The largest absolute Gasteiger partial charge is 0.303 e. The summed E-state index contributed by atoms with van der Waals surface area (Å²) in [5.41, 5.74) is 2.76. The van der Waals surface area contributed by atoms with Gasteiger partial charge in [0.1, 0.15) is 6.29 Å². The van der Waals surface area contributed by atoms with Crippen LogP contribution in [0.3, 0.4) is 0 Å². The number of rotatable bonds is 6. The third-order valence-electron chi connectivity index (χ3n) is 2.16. The van der Waals surface area contributed by atoms with Crippen molar-refractivity contribution >= 4 is 6.29 Å². The quantitative estimate of drug-likeness (QED) is 0.463. The Balaban J connectivity index is 3.78. The summed E-state index contributed by atoms with van der Waals surface area (Å²) in [4.78, 5) is 10.4. The van der Waals surface area contributed by atoms with Crippen LogP contribution in [0.25, 0.3) is 0 Å². The molecule has 1 unspecified atom stereocenters. The van der Waals surface area contributed by atoms with Crippen molar-refractivity contribution in [1.29, 1.82) is 0 Å². The van der Waals surface area contributed by atoms with Crippen molar-refractivity contribution in [3.63, 3.8) is 0 Å². The lowest BCUT2D eigenvalue weighted by atomic mass is 10.0. The second-order valence-corrected chi connectivity index (χ2v) is 4.22. The minimum atomic E-state index is 0.161. The maximum absolute atomic E-state index is 10.4. The highest BCUT2D eigenvalue weighted by atomic mass is 16.1. The molecule has 0 rings (SSSR count). The normalized spacial score (nSPS) is 13.6. The standard InChI is InChI=1S/C13H22O/c1-11(2)6-5-7-12(3)8-9-13(4)10-14/h6,8,10,13H,5,7,9H2,1-4H3/b12-8+. The Kier molecular flexibility index (Phi) is 7.09. The van der Waals surface area contributed by atoms with Gasteiger partial charge in [-0.2, -0.15) is 0 Å². The molecule has 0 spiro atoms. The van der Waals surface area contributed by atoms with E-state index >= 15 is 0 Å². The fraction of sp³-hybridized carbons (Fsp3) is 0.615. The van der Waals surface area contributed by atoms with E-state index in [4.69, 9.17) is 0 Å². The van der Waals surface area contributed by atoms with Gasteiger partial charge in [0.25, 0.3) is 0 Å². The number of carbonyl (C=O) groups excluding carboxylic acids is 1. The summed E-state index contributed by atoms with van der Waals surface area (Å²) in [6, 6.07) is 0. The highest BCUT2D eigenvalue weighted by Gasteiger charge is 1.96. The minimum absolute atomic E-state index is 0.161. The number of allylic oxidation sites excluding steroid dienone is 4. The second-order valence-electron chi connectivity index (χ2n) is 4.22. The van der Waals surface area contributed by atoms with E-state index in [0.29, 0.717) is 0 Å². The van der Waals surface area contributed by atoms with Crippen molar-refractivity contribution in [2.24, 2.45) is 5.92 Å². The number of hydrogen-bond acceptors (Lipinski definition) is 1. The Bertz CT molecular complexity index is 219. The Labute approximate surface area is 87.9 Å². The molecule has 0 fully saturated rings. The summed E-state index contributed by atoms with van der Waals surface area (Å²) in [6.45, 7) is 8.32. The summed E-state index contributed by atoms with van der Waals surface area (Å²) in [6.07, 6.45) is 8.54. The average Bonchev–Trinajstić information content (AvgIpc) is 2.13. The van der Waals surface area contributed by atoms with Gasteiger partial charge in [-0.1, -0.05) is 30.2 Å². The highest BCUT2D eigenvalue weighted by Crippen LogP contribution is 2.09. The molecule has 1 atom stereocenters. The molecule has 0 saturated heterocycles. The smallest absolute Gasteiger partial charge is 0.123 e. The van der Waals surface area contributed by atoms with E-state index in [9.17, 15) is 4.79 Å². The zero-order chi connectivity index (χ0) is 11.0. The zero-order valence-electron chi connectivity index (χ0n) is 9.84. The van der Waals surface area contributed by atoms with Gasteiger partial charge in [0.05, 0.1) is 0 Å². The number of aldehydes is 1. The first-order valence-corrected chi connectivity index (χ1v) is 5.30. The van der Waals surface area contributed by atoms with Crippen molar-refractivity contribution in [3.05, 3.63) is 23.3 Å². The van der Waals surface area contributed by atoms with Crippen LogP contribution in [0.4, 0.5) is 0 Å². The van der Waals surface area contributed by atoms with Gasteiger partial charge >= 0.3 is 0 Å². The molecule has 0 aliphatic heterocycles. The summed E-state index contributed by atoms with van der Waals surface area (Å²) in [5.74, 6) is 0.161. The van der Waals surface area contributed by atoms with Gasteiger partial charge in [-0.15, -0.1) is 0 Å². The summed E-state index contributed by atoms with van der Waals surface area (Å²) < 4.78 is 0. The van der Waals surface area contributed by atoms with Crippen LogP contribution in [-0.4, -0.2) is 6.29 Å². The molecule has 0 N–H and O–H groups in total. The van der Waals surface area contributed by atoms with Crippen LogP contribution >= 0.6 is 0 Å². The maximum atomic E-state index is 10.4. The lowest BCUT2D eigenvalue weighted by Crippen LogP contribution is -1.92. The van der Waals surface area contributed by atoms with Crippen LogP contribution in [0, 0.1) is 5.92 Å². The lowest BCUT2D eigenvalue weighted by molar-refractivity contribution is -0.110. The van der Waals surface area contributed by atoms with Crippen molar-refractivity contribution in [2.75, 3.05) is 0 Å². The molecule has 0 amide bonds. The third kappa shape index (κ3) is 7.78. The van der Waals surface area contributed by atoms with Gasteiger partial charge < -0.3 is 4.79 Å². The highest BCUT2D eigenvalue weighted by molar-refractivity contribution is 5.53. The monoisotopic (exact) mass is 194 g/mol. The van der Waals surface area contributed by atoms with Gasteiger partial charge in [-0.3, -0.25) is 0 Å². The van der Waals surface area contributed by atoms with Crippen LogP contribution in [0.2, 0.25) is 0 Å². The maximum Gasteiger partial charge on any atom is 0.123 e. The van der Waals surface area contributed by atoms with Crippen molar-refractivity contribution in [3.8, 4) is 0 Å². The topological polar surface area (TPSA) is 17.1 Å². The summed E-state index contributed by atoms with van der Waals surface area (Å²) in [7, 11) is 0. The predicted molar refractivity (Wildman–Crippen MR) is 62.3 cm³/mol. The summed E-state index contributed by atoms with van der Waals surface area (Å²) >= 11 is 0. The molecular weight excluding hydrogens is 172 g/mol. The Morgan fingerprint density at radius 1 is 1.21 bits per heavy atom. The van der Waals surface area contributed by atoms with Crippen LogP contribution in [0.1, 0.15) is 47.0 Å². The molecule has 0 aromatic heterocycles. The summed E-state index contributed by atoms with van der Waals surface area (Å²) in [5, 5.41) is 0. The third-order valence-corrected chi connectivity index (χ3v) is 2.16. The minimum Gasteiger partial charge on any atom is -0.303 e. The van der Waals surface area contributed by atoms with E-state index in [1.165, 1.54) is 11.1 Å². The van der Waals surface area contributed by atoms with Gasteiger partial charge in [0.15, 0.2) is 0 Å². The zero-order valence-corrected chi connectivity index (χ0v) is 9.84. The molecule has 0 aromatic carbocycles. The Morgan fingerprint density at radius 3 is 2.36 bits per heavy atom. The average molecular weight is 194 g/mol. The van der Waals surface area contributed by atoms with Gasteiger partial charge in [-0.25, -0.2) is 0 Å². The van der Waals surface area contributed by atoms with Crippen LogP contribution < -0.4 is 0 Å². The SMILES string of the molecule is CC(C)=CCC/C(C)=C/CC(C)C=O. The van der Waals surface area contributed by atoms with Crippen molar-refractivity contribution < 1.29 is 4.79 Å². The molecule has 80 valence electrons. The molecule has 0 saturated carbocycles. The van der Waals surface area contributed by atoms with E-state index < -0.39 is 0 Å². The molecule has 0 aliphatic carbocycles. The first-order chi connectivity index (χ1) is 6.56. The second kappa shape index (κ2) is 7.54. The van der Waals surface area contributed by atoms with Crippen molar-refractivity contribution in [1.82, 2.24) is 0 Å². The molecule has 0 heterocycles.